The lowest BCUT2D eigenvalue weighted by Gasteiger charge is -2.47. The molecule has 0 nitrogen and oxygen atoms in total. The third kappa shape index (κ3) is 1.49. The lowest BCUT2D eigenvalue weighted by molar-refractivity contribution is 0.136. The summed E-state index contributed by atoms with van der Waals surface area (Å²) in [4.78, 5) is 0. The highest BCUT2D eigenvalue weighted by Crippen LogP contribution is 2.51. The van der Waals surface area contributed by atoms with E-state index in [-0.39, 0.29) is 5.82 Å². The number of rotatable bonds is 1. The molecule has 80 valence electrons. The van der Waals surface area contributed by atoms with Gasteiger partial charge in [0.15, 0.2) is 0 Å². The smallest absolute Gasteiger partial charge is 0.123 e. The van der Waals surface area contributed by atoms with Crippen LogP contribution in [0.2, 0.25) is 0 Å². The van der Waals surface area contributed by atoms with Crippen molar-refractivity contribution in [1.82, 2.24) is 0 Å². The zero-order valence-electron chi connectivity index (χ0n) is 9.01. The van der Waals surface area contributed by atoms with Gasteiger partial charge in [0.05, 0.1) is 0 Å². The molecule has 3 saturated carbocycles. The van der Waals surface area contributed by atoms with Gasteiger partial charge >= 0.3 is 0 Å². The predicted octanol–water partition coefficient (Wildman–Crippen LogP) is 4.05. The molecule has 3 fully saturated rings. The number of halogens is 1. The maximum atomic E-state index is 12.9. The summed E-state index contributed by atoms with van der Waals surface area (Å²) < 4.78 is 12.9. The number of hydrogen-bond acceptors (Lipinski definition) is 0. The Morgan fingerprint density at radius 3 is 2.00 bits per heavy atom. The van der Waals surface area contributed by atoms with Gasteiger partial charge in [-0.15, -0.1) is 0 Å². The Morgan fingerprint density at radius 2 is 1.47 bits per heavy atom. The Balaban J connectivity index is 1.94. The van der Waals surface area contributed by atoms with Crippen molar-refractivity contribution >= 4 is 0 Å². The molecule has 1 aromatic carbocycles. The molecule has 0 heterocycles. The average molecular weight is 204 g/mol. The zero-order chi connectivity index (χ0) is 10.3. The first-order chi connectivity index (χ1) is 7.28. The monoisotopic (exact) mass is 204 g/mol. The molecular weight excluding hydrogens is 187 g/mol. The van der Waals surface area contributed by atoms with Crippen LogP contribution in [0.25, 0.3) is 0 Å². The Hall–Kier alpha value is -0.850. The molecule has 2 bridgehead atoms. The third-order valence-corrected chi connectivity index (χ3v) is 4.55. The molecule has 1 heteroatoms. The molecule has 0 aromatic heterocycles. The van der Waals surface area contributed by atoms with Gasteiger partial charge in [-0.05, 0) is 67.6 Å². The minimum atomic E-state index is -0.111. The molecule has 0 radical (unpaired) electrons. The lowest BCUT2D eigenvalue weighted by Crippen LogP contribution is -2.37. The van der Waals surface area contributed by atoms with E-state index < -0.39 is 0 Å². The Bertz CT molecular complexity index is 330. The molecule has 0 N–H and O–H groups in total. The molecule has 1 aromatic rings. The quantitative estimate of drug-likeness (QED) is 0.647. The van der Waals surface area contributed by atoms with Crippen molar-refractivity contribution in [2.24, 2.45) is 5.92 Å². The van der Waals surface area contributed by atoms with Crippen molar-refractivity contribution in [3.63, 3.8) is 0 Å². The van der Waals surface area contributed by atoms with Crippen LogP contribution in [0, 0.1) is 11.7 Å². The molecule has 0 unspecified atom stereocenters. The molecule has 4 rings (SSSR count). The van der Waals surface area contributed by atoms with Crippen LogP contribution in [0.4, 0.5) is 4.39 Å². The zero-order valence-corrected chi connectivity index (χ0v) is 9.01. The summed E-state index contributed by atoms with van der Waals surface area (Å²) >= 11 is 0. The fourth-order valence-corrected chi connectivity index (χ4v) is 3.49. The van der Waals surface area contributed by atoms with Crippen molar-refractivity contribution in [2.75, 3.05) is 0 Å². The maximum Gasteiger partial charge on any atom is 0.123 e. The van der Waals surface area contributed by atoms with Crippen LogP contribution in [-0.2, 0) is 5.41 Å². The van der Waals surface area contributed by atoms with Crippen LogP contribution in [0.5, 0.6) is 0 Å². The molecule has 0 atom stereocenters. The van der Waals surface area contributed by atoms with Gasteiger partial charge in [0.25, 0.3) is 0 Å². The van der Waals surface area contributed by atoms with Gasteiger partial charge in [0, 0.05) is 0 Å². The molecule has 3 aliphatic carbocycles. The minimum absolute atomic E-state index is 0.111. The molecule has 15 heavy (non-hydrogen) atoms. The highest BCUT2D eigenvalue weighted by atomic mass is 19.1. The third-order valence-electron chi connectivity index (χ3n) is 4.55. The number of benzene rings is 1. The van der Waals surface area contributed by atoms with E-state index >= 15 is 0 Å². The number of hydrogen-bond donors (Lipinski definition) is 0. The second-order valence-electron chi connectivity index (χ2n) is 5.27. The molecule has 0 aliphatic heterocycles. The van der Waals surface area contributed by atoms with Crippen molar-refractivity contribution < 1.29 is 4.39 Å². The summed E-state index contributed by atoms with van der Waals surface area (Å²) in [6, 6.07) is 7.23. The standard InChI is InChI=1S/C14H17F/c15-13-3-1-12(2-4-13)14-8-5-11(6-9-14)7-10-14/h1-4,11H,5-10H2. The molecule has 3 aliphatic rings. The van der Waals surface area contributed by atoms with Crippen LogP contribution in [0.3, 0.4) is 0 Å². The Morgan fingerprint density at radius 1 is 0.933 bits per heavy atom. The van der Waals surface area contributed by atoms with E-state index in [9.17, 15) is 4.39 Å². The minimum Gasteiger partial charge on any atom is -0.207 e. The maximum absolute atomic E-state index is 12.9. The van der Waals surface area contributed by atoms with Crippen molar-refractivity contribution in [2.45, 2.75) is 43.9 Å². The Labute approximate surface area is 90.5 Å². The molecule has 0 spiro atoms. The second-order valence-corrected chi connectivity index (χ2v) is 5.27. The largest absolute Gasteiger partial charge is 0.207 e. The van der Waals surface area contributed by atoms with E-state index in [0.29, 0.717) is 5.41 Å². The first-order valence-electron chi connectivity index (χ1n) is 6.05. The van der Waals surface area contributed by atoms with Gasteiger partial charge in [0.2, 0.25) is 0 Å². The summed E-state index contributed by atoms with van der Waals surface area (Å²) in [5, 5.41) is 0. The summed E-state index contributed by atoms with van der Waals surface area (Å²) in [6.45, 7) is 0. The van der Waals surface area contributed by atoms with Gasteiger partial charge in [0.1, 0.15) is 5.82 Å². The van der Waals surface area contributed by atoms with Crippen LogP contribution in [0.1, 0.15) is 44.1 Å². The van der Waals surface area contributed by atoms with Gasteiger partial charge in [-0.2, -0.15) is 0 Å². The lowest BCUT2D eigenvalue weighted by atomic mass is 9.58. The molecule has 0 amide bonds. The van der Waals surface area contributed by atoms with E-state index in [4.69, 9.17) is 0 Å². The second kappa shape index (κ2) is 3.33. The van der Waals surface area contributed by atoms with Crippen LogP contribution in [0.15, 0.2) is 24.3 Å². The van der Waals surface area contributed by atoms with E-state index in [2.05, 4.69) is 0 Å². The Kier molecular flexibility index (Phi) is 2.08. The van der Waals surface area contributed by atoms with Crippen molar-refractivity contribution in [3.8, 4) is 0 Å². The topological polar surface area (TPSA) is 0 Å². The molecular formula is C14H17F. The summed E-state index contributed by atoms with van der Waals surface area (Å²) in [6.07, 6.45) is 8.13. The van der Waals surface area contributed by atoms with Gasteiger partial charge < -0.3 is 0 Å². The van der Waals surface area contributed by atoms with E-state index in [1.165, 1.54) is 44.1 Å². The summed E-state index contributed by atoms with van der Waals surface area (Å²) in [7, 11) is 0. The fourth-order valence-electron chi connectivity index (χ4n) is 3.49. The van der Waals surface area contributed by atoms with Crippen LogP contribution < -0.4 is 0 Å². The van der Waals surface area contributed by atoms with E-state index in [1.807, 2.05) is 12.1 Å². The highest BCUT2D eigenvalue weighted by molar-refractivity contribution is 5.27. The van der Waals surface area contributed by atoms with Crippen LogP contribution >= 0.6 is 0 Å². The first kappa shape index (κ1) is 9.38. The molecule has 0 saturated heterocycles. The highest BCUT2D eigenvalue weighted by Gasteiger charge is 2.41. The normalized spacial score (nSPS) is 34.3. The van der Waals surface area contributed by atoms with Gasteiger partial charge in [-0.3, -0.25) is 0 Å². The van der Waals surface area contributed by atoms with Gasteiger partial charge in [-0.25, -0.2) is 4.39 Å². The fraction of sp³-hybridized carbons (Fsp3) is 0.571. The SMILES string of the molecule is Fc1ccc(C23CCC(CC2)CC3)cc1. The predicted molar refractivity (Wildman–Crippen MR) is 59.3 cm³/mol. The van der Waals surface area contributed by atoms with Crippen molar-refractivity contribution in [1.29, 1.82) is 0 Å². The van der Waals surface area contributed by atoms with Crippen LogP contribution in [-0.4, -0.2) is 0 Å². The summed E-state index contributed by atoms with van der Waals surface area (Å²) in [5.74, 6) is 0.881. The summed E-state index contributed by atoms with van der Waals surface area (Å²) in [5.41, 5.74) is 1.78. The van der Waals surface area contributed by atoms with E-state index in [1.54, 1.807) is 12.1 Å². The first-order valence-corrected chi connectivity index (χ1v) is 6.05. The average Bonchev–Trinajstić information content (AvgIpc) is 2.32. The van der Waals surface area contributed by atoms with Crippen molar-refractivity contribution in [3.05, 3.63) is 35.6 Å². The van der Waals surface area contributed by atoms with Gasteiger partial charge in [-0.1, -0.05) is 12.1 Å². The van der Waals surface area contributed by atoms with E-state index in [0.717, 1.165) is 5.92 Å². The number of fused-ring (bicyclic) bond motifs is 3.